The molecule has 2 rings (SSSR count). The highest BCUT2D eigenvalue weighted by atomic mass is 16.5. The molecule has 0 radical (unpaired) electrons. The number of hydrogen-bond acceptors (Lipinski definition) is 2. The van der Waals surface area contributed by atoms with Crippen LogP contribution in [0.25, 0.3) is 10.8 Å². The van der Waals surface area contributed by atoms with E-state index in [-0.39, 0.29) is 5.97 Å². The van der Waals surface area contributed by atoms with Crippen LogP contribution in [0.4, 0.5) is 0 Å². The van der Waals surface area contributed by atoms with E-state index in [1.54, 1.807) is 0 Å². The first-order valence-corrected chi connectivity index (χ1v) is 7.22. The largest absolute Gasteiger partial charge is 0.465 e. The van der Waals surface area contributed by atoms with Crippen LogP contribution < -0.4 is 0 Å². The third-order valence-corrected chi connectivity index (χ3v) is 3.71. The third kappa shape index (κ3) is 3.01. The summed E-state index contributed by atoms with van der Waals surface area (Å²) in [5.74, 6) is -0.152. The van der Waals surface area contributed by atoms with Crippen LogP contribution in [-0.2, 0) is 14.9 Å². The lowest BCUT2D eigenvalue weighted by Crippen LogP contribution is -2.31. The van der Waals surface area contributed by atoms with Gasteiger partial charge in [-0.05, 0) is 36.6 Å². The minimum atomic E-state index is -0.613. The Morgan fingerprint density at radius 2 is 1.80 bits per heavy atom. The summed E-state index contributed by atoms with van der Waals surface area (Å²) >= 11 is 0. The van der Waals surface area contributed by atoms with Gasteiger partial charge in [-0.3, -0.25) is 4.79 Å². The van der Waals surface area contributed by atoms with E-state index in [1.807, 2.05) is 32.0 Å². The molecule has 0 N–H and O–H groups in total. The molecule has 0 saturated heterocycles. The molecule has 106 valence electrons. The average molecular weight is 270 g/mol. The van der Waals surface area contributed by atoms with Crippen molar-refractivity contribution in [2.75, 3.05) is 6.61 Å². The van der Waals surface area contributed by atoms with Crippen molar-refractivity contribution in [3.8, 4) is 0 Å². The molecule has 0 fully saturated rings. The van der Waals surface area contributed by atoms with E-state index in [1.165, 1.54) is 5.39 Å². The van der Waals surface area contributed by atoms with E-state index in [2.05, 4.69) is 31.2 Å². The number of esters is 1. The van der Waals surface area contributed by atoms with E-state index in [9.17, 15) is 4.79 Å². The second-order valence-corrected chi connectivity index (χ2v) is 5.68. The predicted molar refractivity (Wildman–Crippen MR) is 82.8 cm³/mol. The number of ether oxygens (including phenoxy) is 1. The lowest BCUT2D eigenvalue weighted by molar-refractivity contribution is -0.149. The topological polar surface area (TPSA) is 26.3 Å². The molecule has 0 spiro atoms. The number of rotatable bonds is 5. The van der Waals surface area contributed by atoms with Crippen LogP contribution in [-0.4, -0.2) is 12.6 Å². The van der Waals surface area contributed by atoms with Crippen molar-refractivity contribution >= 4 is 16.7 Å². The lowest BCUT2D eigenvalue weighted by Gasteiger charge is -2.23. The summed E-state index contributed by atoms with van der Waals surface area (Å²) in [5.41, 5.74) is 0.385. The number of hydrogen-bond donors (Lipinski definition) is 0. The quantitative estimate of drug-likeness (QED) is 0.592. The maximum absolute atomic E-state index is 12.3. The van der Waals surface area contributed by atoms with Gasteiger partial charge in [0, 0.05) is 0 Å². The molecule has 2 aromatic carbocycles. The summed E-state index contributed by atoms with van der Waals surface area (Å²) in [5, 5.41) is 2.34. The molecule has 0 aliphatic carbocycles. The van der Waals surface area contributed by atoms with Gasteiger partial charge >= 0.3 is 5.97 Å². The fraction of sp³-hybridized carbons (Fsp3) is 0.389. The minimum Gasteiger partial charge on any atom is -0.465 e. The summed E-state index contributed by atoms with van der Waals surface area (Å²) in [4.78, 5) is 12.3. The van der Waals surface area contributed by atoms with Crippen LogP contribution in [0.3, 0.4) is 0 Å². The minimum absolute atomic E-state index is 0.152. The Kier molecular flexibility index (Phi) is 4.43. The molecule has 0 aromatic heterocycles. The van der Waals surface area contributed by atoms with E-state index in [4.69, 9.17) is 4.74 Å². The molecular formula is C18H22O2. The zero-order valence-corrected chi connectivity index (χ0v) is 12.5. The molecule has 2 nitrogen and oxygen atoms in total. The van der Waals surface area contributed by atoms with Crippen molar-refractivity contribution in [3.05, 3.63) is 48.0 Å². The fourth-order valence-electron chi connectivity index (χ4n) is 2.19. The molecule has 0 heterocycles. The van der Waals surface area contributed by atoms with Crippen LogP contribution in [0.1, 0.15) is 39.2 Å². The Balaban J connectivity index is 2.24. The van der Waals surface area contributed by atoms with Crippen molar-refractivity contribution in [2.24, 2.45) is 0 Å². The van der Waals surface area contributed by atoms with Crippen molar-refractivity contribution in [1.29, 1.82) is 0 Å². The van der Waals surface area contributed by atoms with Gasteiger partial charge in [0.1, 0.15) is 0 Å². The first-order valence-electron chi connectivity index (χ1n) is 7.22. The van der Waals surface area contributed by atoms with E-state index >= 15 is 0 Å². The molecule has 2 aromatic rings. The van der Waals surface area contributed by atoms with Gasteiger partial charge in [0.25, 0.3) is 0 Å². The summed E-state index contributed by atoms with van der Waals surface area (Å²) < 4.78 is 5.37. The van der Waals surface area contributed by atoms with E-state index in [0.717, 1.165) is 23.8 Å². The van der Waals surface area contributed by atoms with Crippen molar-refractivity contribution in [2.45, 2.75) is 39.0 Å². The lowest BCUT2D eigenvalue weighted by atomic mass is 9.84. The maximum Gasteiger partial charge on any atom is 0.315 e. The van der Waals surface area contributed by atoms with Gasteiger partial charge in [0.05, 0.1) is 12.0 Å². The average Bonchev–Trinajstić information content (AvgIpc) is 2.46. The zero-order valence-electron chi connectivity index (χ0n) is 12.5. The van der Waals surface area contributed by atoms with Crippen LogP contribution in [0.5, 0.6) is 0 Å². The number of carbonyl (C=O) groups excluding carboxylic acids is 1. The SMILES string of the molecule is CCCCOC(=O)C(C)(C)c1ccc2ccccc2c1. The normalized spacial score (nSPS) is 11.6. The van der Waals surface area contributed by atoms with Gasteiger partial charge in [-0.25, -0.2) is 0 Å². The van der Waals surface area contributed by atoms with Crippen LogP contribution in [0.15, 0.2) is 42.5 Å². The van der Waals surface area contributed by atoms with Crippen molar-refractivity contribution in [1.82, 2.24) is 0 Å². The maximum atomic E-state index is 12.3. The highest BCUT2D eigenvalue weighted by Gasteiger charge is 2.31. The second-order valence-electron chi connectivity index (χ2n) is 5.68. The molecule has 0 saturated carbocycles. The van der Waals surface area contributed by atoms with E-state index in [0.29, 0.717) is 6.61 Å². The molecule has 2 heteroatoms. The van der Waals surface area contributed by atoms with Crippen LogP contribution >= 0.6 is 0 Å². The molecule has 0 bridgehead atoms. The van der Waals surface area contributed by atoms with E-state index < -0.39 is 5.41 Å². The predicted octanol–water partition coefficient (Wildman–Crippen LogP) is 4.46. The number of benzene rings is 2. The van der Waals surface area contributed by atoms with Gasteiger partial charge in [-0.1, -0.05) is 55.8 Å². The molecule has 20 heavy (non-hydrogen) atoms. The van der Waals surface area contributed by atoms with Crippen LogP contribution in [0.2, 0.25) is 0 Å². The first kappa shape index (κ1) is 14.6. The Morgan fingerprint density at radius 3 is 2.50 bits per heavy atom. The Labute approximate surface area is 120 Å². The van der Waals surface area contributed by atoms with Gasteiger partial charge in [-0.15, -0.1) is 0 Å². The van der Waals surface area contributed by atoms with Gasteiger partial charge in [0.15, 0.2) is 0 Å². The van der Waals surface area contributed by atoms with Gasteiger partial charge in [-0.2, -0.15) is 0 Å². The van der Waals surface area contributed by atoms with Gasteiger partial charge < -0.3 is 4.74 Å². The Morgan fingerprint density at radius 1 is 1.10 bits per heavy atom. The first-order chi connectivity index (χ1) is 9.55. The highest BCUT2D eigenvalue weighted by molar-refractivity contribution is 5.87. The summed E-state index contributed by atoms with van der Waals surface area (Å²) in [6, 6.07) is 14.3. The summed E-state index contributed by atoms with van der Waals surface area (Å²) in [6.45, 7) is 6.44. The Bertz CT molecular complexity index is 599. The highest BCUT2D eigenvalue weighted by Crippen LogP contribution is 2.28. The number of fused-ring (bicyclic) bond motifs is 1. The molecular weight excluding hydrogens is 248 g/mol. The standard InChI is InChI=1S/C18H22O2/c1-4-5-12-20-17(19)18(2,3)16-11-10-14-8-6-7-9-15(14)13-16/h6-11,13H,4-5,12H2,1-3H3. The monoisotopic (exact) mass is 270 g/mol. The second kappa shape index (κ2) is 6.08. The smallest absolute Gasteiger partial charge is 0.315 e. The van der Waals surface area contributed by atoms with Gasteiger partial charge in [0.2, 0.25) is 0 Å². The molecule has 0 aliphatic heterocycles. The zero-order chi connectivity index (χ0) is 14.6. The number of carbonyl (C=O) groups is 1. The van der Waals surface area contributed by atoms with Crippen LogP contribution in [0, 0.1) is 0 Å². The number of unbranched alkanes of at least 4 members (excludes halogenated alkanes) is 1. The Hall–Kier alpha value is -1.83. The molecule has 0 amide bonds. The molecule has 0 aliphatic rings. The summed E-state index contributed by atoms with van der Waals surface area (Å²) in [6.07, 6.45) is 1.95. The van der Waals surface area contributed by atoms with Crippen molar-refractivity contribution < 1.29 is 9.53 Å². The van der Waals surface area contributed by atoms with Crippen molar-refractivity contribution in [3.63, 3.8) is 0 Å². The summed E-state index contributed by atoms with van der Waals surface area (Å²) in [7, 11) is 0. The molecule has 0 atom stereocenters. The molecule has 0 unspecified atom stereocenters. The third-order valence-electron chi connectivity index (χ3n) is 3.71. The fourth-order valence-corrected chi connectivity index (χ4v) is 2.19.